The minimum absolute atomic E-state index is 0.350. The Bertz CT molecular complexity index is 202. The molecule has 0 saturated carbocycles. The van der Waals surface area contributed by atoms with E-state index in [0.717, 1.165) is 18.3 Å². The van der Waals surface area contributed by atoms with Gasteiger partial charge in [-0.1, -0.05) is 91.9 Å². The van der Waals surface area contributed by atoms with Crippen LogP contribution in [0.2, 0.25) is 0 Å². The second kappa shape index (κ2) is 14.9. The smallest absolute Gasteiger partial charge is 0.0433 e. The van der Waals surface area contributed by atoms with Gasteiger partial charge in [0.15, 0.2) is 0 Å². The molecule has 21 heavy (non-hydrogen) atoms. The Morgan fingerprint density at radius 3 is 1.81 bits per heavy atom. The number of hydrogen-bond donors (Lipinski definition) is 1. The molecule has 0 heterocycles. The van der Waals surface area contributed by atoms with E-state index in [-0.39, 0.29) is 0 Å². The highest BCUT2D eigenvalue weighted by atomic mass is 16.3. The first kappa shape index (κ1) is 21.0. The van der Waals surface area contributed by atoms with Gasteiger partial charge in [0.1, 0.15) is 0 Å². The lowest BCUT2D eigenvalue weighted by atomic mass is 9.89. The number of hydrogen-bond acceptors (Lipinski definition) is 1. The van der Waals surface area contributed by atoms with E-state index < -0.39 is 0 Å². The van der Waals surface area contributed by atoms with Crippen molar-refractivity contribution in [2.75, 3.05) is 6.61 Å². The average molecular weight is 299 g/mol. The van der Waals surface area contributed by atoms with Crippen LogP contribution in [0.25, 0.3) is 0 Å². The van der Waals surface area contributed by atoms with Crippen molar-refractivity contribution in [3.63, 3.8) is 0 Å². The number of aliphatic hydroxyl groups excluding tert-OH is 1. The van der Waals surface area contributed by atoms with Crippen LogP contribution >= 0.6 is 0 Å². The average Bonchev–Trinajstić information content (AvgIpc) is 2.42. The summed E-state index contributed by atoms with van der Waals surface area (Å²) in [4.78, 5) is 0. The molecule has 0 amide bonds. The van der Waals surface area contributed by atoms with E-state index in [4.69, 9.17) is 5.11 Å². The van der Waals surface area contributed by atoms with Crippen molar-refractivity contribution in [2.45, 2.75) is 105 Å². The summed E-state index contributed by atoms with van der Waals surface area (Å²) >= 11 is 0. The fourth-order valence-corrected chi connectivity index (χ4v) is 3.38. The van der Waals surface area contributed by atoms with E-state index in [2.05, 4.69) is 27.7 Å². The summed E-state index contributed by atoms with van der Waals surface area (Å²) in [5, 5.41) is 8.95. The van der Waals surface area contributed by atoms with Gasteiger partial charge in [-0.2, -0.15) is 0 Å². The highest BCUT2D eigenvalue weighted by molar-refractivity contribution is 4.62. The first-order valence-electron chi connectivity index (χ1n) is 9.70. The summed E-state index contributed by atoms with van der Waals surface area (Å²) in [7, 11) is 0. The van der Waals surface area contributed by atoms with Gasteiger partial charge in [-0.3, -0.25) is 0 Å². The number of aliphatic hydroxyl groups is 1. The first-order valence-corrected chi connectivity index (χ1v) is 9.70. The fraction of sp³-hybridized carbons (Fsp3) is 1.00. The molecule has 0 radical (unpaired) electrons. The van der Waals surface area contributed by atoms with Crippen LogP contribution in [0, 0.1) is 17.8 Å². The van der Waals surface area contributed by atoms with Crippen molar-refractivity contribution in [3.8, 4) is 0 Å². The maximum absolute atomic E-state index is 8.95. The van der Waals surface area contributed by atoms with E-state index in [1.54, 1.807) is 0 Å². The Morgan fingerprint density at radius 1 is 0.619 bits per heavy atom. The molecule has 1 N–H and O–H groups in total. The van der Waals surface area contributed by atoms with Gasteiger partial charge in [0.2, 0.25) is 0 Å². The maximum atomic E-state index is 8.95. The minimum atomic E-state index is 0.350. The molecule has 1 heteroatoms. The molecular formula is C20H42O. The Hall–Kier alpha value is -0.0400. The lowest BCUT2D eigenvalue weighted by Gasteiger charge is -2.17. The summed E-state index contributed by atoms with van der Waals surface area (Å²) in [6, 6.07) is 0. The van der Waals surface area contributed by atoms with E-state index in [0.29, 0.717) is 12.5 Å². The van der Waals surface area contributed by atoms with Gasteiger partial charge in [-0.15, -0.1) is 0 Å². The van der Waals surface area contributed by atoms with E-state index in [1.165, 1.54) is 70.6 Å². The van der Waals surface area contributed by atoms with Crippen LogP contribution in [0.3, 0.4) is 0 Å². The summed E-state index contributed by atoms with van der Waals surface area (Å²) in [6.45, 7) is 9.72. The van der Waals surface area contributed by atoms with Gasteiger partial charge in [-0.25, -0.2) is 0 Å². The summed E-state index contributed by atoms with van der Waals surface area (Å²) in [5.41, 5.74) is 0. The highest BCUT2D eigenvalue weighted by Gasteiger charge is 2.09. The van der Waals surface area contributed by atoms with Crippen LogP contribution in [0.1, 0.15) is 105 Å². The van der Waals surface area contributed by atoms with Gasteiger partial charge >= 0.3 is 0 Å². The third kappa shape index (κ3) is 14.7. The number of rotatable bonds is 15. The van der Waals surface area contributed by atoms with Crippen LogP contribution < -0.4 is 0 Å². The number of unbranched alkanes of at least 4 members (excludes halogenated alkanes) is 5. The van der Waals surface area contributed by atoms with Gasteiger partial charge in [0, 0.05) is 6.61 Å². The van der Waals surface area contributed by atoms with Crippen molar-refractivity contribution in [1.82, 2.24) is 0 Å². The molecule has 0 fully saturated rings. The van der Waals surface area contributed by atoms with Crippen molar-refractivity contribution < 1.29 is 5.11 Å². The fourth-order valence-electron chi connectivity index (χ4n) is 3.38. The van der Waals surface area contributed by atoms with Crippen molar-refractivity contribution in [3.05, 3.63) is 0 Å². The summed E-state index contributed by atoms with van der Waals surface area (Å²) in [6.07, 6.45) is 16.4. The molecule has 0 bridgehead atoms. The molecule has 128 valence electrons. The van der Waals surface area contributed by atoms with Crippen LogP contribution in [-0.2, 0) is 0 Å². The normalized spacial score (nSPS) is 15.9. The van der Waals surface area contributed by atoms with Crippen LogP contribution in [0.15, 0.2) is 0 Å². The quantitative estimate of drug-likeness (QED) is 0.338. The molecule has 0 aliphatic carbocycles. The van der Waals surface area contributed by atoms with E-state index in [9.17, 15) is 0 Å². The third-order valence-electron chi connectivity index (χ3n) is 4.87. The zero-order valence-electron chi connectivity index (χ0n) is 15.4. The third-order valence-corrected chi connectivity index (χ3v) is 4.87. The summed E-state index contributed by atoms with van der Waals surface area (Å²) < 4.78 is 0. The Labute approximate surface area is 134 Å². The zero-order chi connectivity index (χ0) is 15.9. The van der Waals surface area contributed by atoms with E-state index >= 15 is 0 Å². The van der Waals surface area contributed by atoms with E-state index in [1.807, 2.05) is 0 Å². The molecule has 0 rings (SSSR count). The Balaban J connectivity index is 3.41. The molecule has 0 aromatic heterocycles. The van der Waals surface area contributed by atoms with Crippen LogP contribution in [0.4, 0.5) is 0 Å². The molecular weight excluding hydrogens is 256 g/mol. The largest absolute Gasteiger partial charge is 0.396 e. The highest BCUT2D eigenvalue weighted by Crippen LogP contribution is 2.23. The molecule has 0 saturated heterocycles. The van der Waals surface area contributed by atoms with Crippen LogP contribution in [-0.4, -0.2) is 11.7 Å². The molecule has 0 aromatic rings. The molecule has 0 aromatic carbocycles. The van der Waals surface area contributed by atoms with Crippen molar-refractivity contribution >= 4 is 0 Å². The maximum Gasteiger partial charge on any atom is 0.0433 e. The van der Waals surface area contributed by atoms with Crippen LogP contribution in [0.5, 0.6) is 0 Å². The predicted octanol–water partition coefficient (Wildman–Crippen LogP) is 6.59. The molecule has 0 aliphatic heterocycles. The van der Waals surface area contributed by atoms with Crippen molar-refractivity contribution in [2.24, 2.45) is 17.8 Å². The molecule has 3 unspecified atom stereocenters. The Kier molecular flexibility index (Phi) is 14.9. The monoisotopic (exact) mass is 298 g/mol. The molecule has 0 aliphatic rings. The predicted molar refractivity (Wildman–Crippen MR) is 95.7 cm³/mol. The molecule has 1 nitrogen and oxygen atoms in total. The Morgan fingerprint density at radius 2 is 1.14 bits per heavy atom. The van der Waals surface area contributed by atoms with Gasteiger partial charge in [-0.05, 0) is 30.6 Å². The van der Waals surface area contributed by atoms with Gasteiger partial charge < -0.3 is 5.11 Å². The van der Waals surface area contributed by atoms with Crippen molar-refractivity contribution in [1.29, 1.82) is 0 Å². The topological polar surface area (TPSA) is 20.2 Å². The second-order valence-corrected chi connectivity index (χ2v) is 7.55. The zero-order valence-corrected chi connectivity index (χ0v) is 15.4. The first-order chi connectivity index (χ1) is 10.1. The standard InChI is InChI=1S/C20H42O/c1-5-6-7-8-9-10-12-18(2)13-11-14-19(3)17-20(4)15-16-21/h18-21H,5-17H2,1-4H3. The SMILES string of the molecule is CCCCCCCCC(C)CCCC(C)CC(C)CCO. The lowest BCUT2D eigenvalue weighted by Crippen LogP contribution is -2.06. The van der Waals surface area contributed by atoms with Gasteiger partial charge in [0.05, 0.1) is 0 Å². The molecule has 0 spiro atoms. The lowest BCUT2D eigenvalue weighted by molar-refractivity contribution is 0.245. The molecule has 3 atom stereocenters. The minimum Gasteiger partial charge on any atom is -0.396 e. The second-order valence-electron chi connectivity index (χ2n) is 7.55. The summed E-state index contributed by atoms with van der Waals surface area (Å²) in [5.74, 6) is 2.43. The van der Waals surface area contributed by atoms with Gasteiger partial charge in [0.25, 0.3) is 0 Å².